The van der Waals surface area contributed by atoms with Gasteiger partial charge in [0.15, 0.2) is 0 Å². The van der Waals surface area contributed by atoms with Crippen LogP contribution in [0.25, 0.3) is 0 Å². The van der Waals surface area contributed by atoms with Crippen molar-refractivity contribution in [2.24, 2.45) is 5.92 Å². The Morgan fingerprint density at radius 1 is 1.38 bits per heavy atom. The summed E-state index contributed by atoms with van der Waals surface area (Å²) in [6.45, 7) is 6.07. The Morgan fingerprint density at radius 3 is 2.31 bits per heavy atom. The normalized spacial score (nSPS) is 20.8. The molecule has 0 radical (unpaired) electrons. The number of carboxylic acid groups (broad SMARTS) is 1. The van der Waals surface area contributed by atoms with Gasteiger partial charge in [0, 0.05) is 0 Å². The van der Waals surface area contributed by atoms with Crippen LogP contribution in [-0.4, -0.2) is 35.1 Å². The zero-order valence-electron chi connectivity index (χ0n) is 8.49. The monoisotopic (exact) mass is 185 g/mol. The van der Waals surface area contributed by atoms with Crippen molar-refractivity contribution in [3.05, 3.63) is 0 Å². The second-order valence-corrected chi connectivity index (χ2v) is 4.23. The predicted molar refractivity (Wildman–Crippen MR) is 51.7 cm³/mol. The van der Waals surface area contributed by atoms with Crippen LogP contribution in [0.4, 0.5) is 0 Å². The standard InChI is InChI=1S/C10H19NO2/c1-8(2)7-9(10(12)13)11-5-3-4-6-11/h8-9H,3-7H2,1-2H3,(H,12,13)/t9-/m1/s1. The Morgan fingerprint density at radius 2 is 1.92 bits per heavy atom. The van der Waals surface area contributed by atoms with Crippen molar-refractivity contribution in [1.82, 2.24) is 4.90 Å². The highest BCUT2D eigenvalue weighted by Crippen LogP contribution is 2.17. The molecule has 1 rings (SSSR count). The molecule has 1 aliphatic heterocycles. The van der Waals surface area contributed by atoms with Crippen LogP contribution in [0.5, 0.6) is 0 Å². The highest BCUT2D eigenvalue weighted by molar-refractivity contribution is 5.73. The van der Waals surface area contributed by atoms with Crippen molar-refractivity contribution >= 4 is 5.97 Å². The van der Waals surface area contributed by atoms with Gasteiger partial charge in [-0.1, -0.05) is 13.8 Å². The van der Waals surface area contributed by atoms with Crippen LogP contribution in [0.3, 0.4) is 0 Å². The highest BCUT2D eigenvalue weighted by atomic mass is 16.4. The summed E-state index contributed by atoms with van der Waals surface area (Å²) in [5.41, 5.74) is 0. The van der Waals surface area contributed by atoms with Crippen LogP contribution in [0, 0.1) is 5.92 Å². The maximum absolute atomic E-state index is 11.0. The molecule has 0 amide bonds. The van der Waals surface area contributed by atoms with Gasteiger partial charge >= 0.3 is 5.97 Å². The molecule has 3 heteroatoms. The Balaban J connectivity index is 2.50. The average molecular weight is 185 g/mol. The molecule has 1 saturated heterocycles. The van der Waals surface area contributed by atoms with Crippen molar-refractivity contribution in [3.8, 4) is 0 Å². The molecule has 1 N–H and O–H groups in total. The minimum atomic E-state index is -0.657. The van der Waals surface area contributed by atoms with E-state index in [0.717, 1.165) is 32.4 Å². The van der Waals surface area contributed by atoms with Gasteiger partial charge in [0.1, 0.15) is 6.04 Å². The van der Waals surface area contributed by atoms with Gasteiger partial charge in [-0.05, 0) is 38.3 Å². The molecule has 0 aromatic carbocycles. The van der Waals surface area contributed by atoms with Crippen LogP contribution in [0.2, 0.25) is 0 Å². The first-order valence-electron chi connectivity index (χ1n) is 5.08. The van der Waals surface area contributed by atoms with E-state index < -0.39 is 5.97 Å². The van der Waals surface area contributed by atoms with Crippen molar-refractivity contribution in [3.63, 3.8) is 0 Å². The molecular formula is C10H19NO2. The van der Waals surface area contributed by atoms with Crippen molar-refractivity contribution < 1.29 is 9.90 Å². The predicted octanol–water partition coefficient (Wildman–Crippen LogP) is 1.58. The van der Waals surface area contributed by atoms with Crippen LogP contribution in [0.1, 0.15) is 33.1 Å². The second kappa shape index (κ2) is 4.61. The summed E-state index contributed by atoms with van der Waals surface area (Å²) >= 11 is 0. The van der Waals surface area contributed by atoms with Crippen molar-refractivity contribution in [2.75, 3.05) is 13.1 Å². The highest BCUT2D eigenvalue weighted by Gasteiger charge is 2.27. The lowest BCUT2D eigenvalue weighted by Gasteiger charge is -2.24. The average Bonchev–Trinajstić information content (AvgIpc) is 2.50. The molecule has 1 atom stereocenters. The molecule has 13 heavy (non-hydrogen) atoms. The van der Waals surface area contributed by atoms with Gasteiger partial charge in [-0.25, -0.2) is 0 Å². The van der Waals surface area contributed by atoms with Crippen LogP contribution >= 0.6 is 0 Å². The maximum atomic E-state index is 11.0. The second-order valence-electron chi connectivity index (χ2n) is 4.23. The zero-order chi connectivity index (χ0) is 9.84. The molecule has 0 aromatic rings. The van der Waals surface area contributed by atoms with E-state index in [1.54, 1.807) is 0 Å². The van der Waals surface area contributed by atoms with Gasteiger partial charge in [0.05, 0.1) is 0 Å². The van der Waals surface area contributed by atoms with Gasteiger partial charge in [-0.15, -0.1) is 0 Å². The first-order chi connectivity index (χ1) is 6.11. The summed E-state index contributed by atoms with van der Waals surface area (Å²) in [6.07, 6.45) is 3.08. The number of hydrogen-bond donors (Lipinski definition) is 1. The number of aliphatic carboxylic acids is 1. The number of likely N-dealkylation sites (tertiary alicyclic amines) is 1. The van der Waals surface area contributed by atoms with Gasteiger partial charge in [0.25, 0.3) is 0 Å². The first-order valence-corrected chi connectivity index (χ1v) is 5.08. The van der Waals surface area contributed by atoms with E-state index >= 15 is 0 Å². The van der Waals surface area contributed by atoms with E-state index in [4.69, 9.17) is 5.11 Å². The first kappa shape index (κ1) is 10.5. The SMILES string of the molecule is CC(C)C[C@H](C(=O)O)N1CCCC1. The third kappa shape index (κ3) is 2.99. The van der Waals surface area contributed by atoms with Gasteiger partial charge in [-0.2, -0.15) is 0 Å². The molecule has 0 spiro atoms. The number of carbonyl (C=O) groups is 1. The van der Waals surface area contributed by atoms with E-state index in [-0.39, 0.29) is 6.04 Å². The molecule has 0 unspecified atom stereocenters. The summed E-state index contributed by atoms with van der Waals surface area (Å²) in [6, 6.07) is -0.248. The van der Waals surface area contributed by atoms with Gasteiger partial charge < -0.3 is 5.11 Å². The number of hydrogen-bond acceptors (Lipinski definition) is 2. The fourth-order valence-corrected chi connectivity index (χ4v) is 1.91. The lowest BCUT2D eigenvalue weighted by Crippen LogP contribution is -2.40. The topological polar surface area (TPSA) is 40.5 Å². The largest absolute Gasteiger partial charge is 0.480 e. The summed E-state index contributed by atoms with van der Waals surface area (Å²) in [5.74, 6) is -0.197. The molecule has 3 nitrogen and oxygen atoms in total. The number of nitrogens with zero attached hydrogens (tertiary/aromatic N) is 1. The van der Waals surface area contributed by atoms with E-state index in [2.05, 4.69) is 18.7 Å². The molecule has 0 saturated carbocycles. The fraction of sp³-hybridized carbons (Fsp3) is 0.900. The molecule has 0 aromatic heterocycles. The Labute approximate surface area is 79.7 Å². The van der Waals surface area contributed by atoms with Crippen molar-refractivity contribution in [1.29, 1.82) is 0 Å². The van der Waals surface area contributed by atoms with Crippen LogP contribution < -0.4 is 0 Å². The van der Waals surface area contributed by atoms with E-state index in [1.807, 2.05) is 0 Å². The van der Waals surface area contributed by atoms with E-state index in [0.29, 0.717) is 5.92 Å². The minimum Gasteiger partial charge on any atom is -0.480 e. The van der Waals surface area contributed by atoms with E-state index in [9.17, 15) is 4.79 Å². The van der Waals surface area contributed by atoms with Gasteiger partial charge in [-0.3, -0.25) is 9.69 Å². The Hall–Kier alpha value is -0.570. The zero-order valence-corrected chi connectivity index (χ0v) is 8.49. The van der Waals surface area contributed by atoms with Gasteiger partial charge in [0.2, 0.25) is 0 Å². The molecule has 1 fully saturated rings. The molecule has 76 valence electrons. The summed E-state index contributed by atoms with van der Waals surface area (Å²) in [5, 5.41) is 9.04. The Kier molecular flexibility index (Phi) is 3.72. The maximum Gasteiger partial charge on any atom is 0.320 e. The van der Waals surface area contributed by atoms with Crippen molar-refractivity contribution in [2.45, 2.75) is 39.2 Å². The summed E-state index contributed by atoms with van der Waals surface area (Å²) in [4.78, 5) is 13.1. The smallest absolute Gasteiger partial charge is 0.320 e. The number of carboxylic acids is 1. The summed E-state index contributed by atoms with van der Waals surface area (Å²) < 4.78 is 0. The molecule has 1 heterocycles. The third-order valence-electron chi connectivity index (χ3n) is 2.56. The quantitative estimate of drug-likeness (QED) is 0.723. The van der Waals surface area contributed by atoms with Crippen LogP contribution in [-0.2, 0) is 4.79 Å². The van der Waals surface area contributed by atoms with E-state index in [1.165, 1.54) is 0 Å². The Bertz CT molecular complexity index is 174. The molecule has 1 aliphatic rings. The molecule has 0 aliphatic carbocycles. The lowest BCUT2D eigenvalue weighted by molar-refractivity contribution is -0.143. The lowest BCUT2D eigenvalue weighted by atomic mass is 10.0. The fourth-order valence-electron chi connectivity index (χ4n) is 1.91. The summed E-state index contributed by atoms with van der Waals surface area (Å²) in [7, 11) is 0. The third-order valence-corrected chi connectivity index (χ3v) is 2.56. The molecule has 0 bridgehead atoms. The number of rotatable bonds is 4. The minimum absolute atomic E-state index is 0.248. The molecular weight excluding hydrogens is 166 g/mol. The van der Waals surface area contributed by atoms with Crippen LogP contribution in [0.15, 0.2) is 0 Å².